The van der Waals surface area contributed by atoms with Crippen LogP contribution in [0.15, 0.2) is 0 Å². The van der Waals surface area contributed by atoms with Crippen molar-refractivity contribution in [3.05, 3.63) is 0 Å². The van der Waals surface area contributed by atoms with Crippen LogP contribution >= 0.6 is 0 Å². The molecule has 2 fully saturated rings. The predicted octanol–water partition coefficient (Wildman–Crippen LogP) is -0.127. The Bertz CT molecular complexity index is 390. The van der Waals surface area contributed by atoms with Crippen molar-refractivity contribution in [2.75, 3.05) is 26.7 Å². The molecular weight excluding hydrogens is 266 g/mol. The maximum atomic E-state index is 11.8. The number of carbonyl (C=O) groups is 3. The fourth-order valence-corrected chi connectivity index (χ4v) is 2.42. The van der Waals surface area contributed by atoms with E-state index in [-0.39, 0.29) is 13.0 Å². The first-order valence-corrected chi connectivity index (χ1v) is 6.80. The fraction of sp³-hybridized carbons (Fsp3) is 0.769. The summed E-state index contributed by atoms with van der Waals surface area (Å²) in [4.78, 5) is 36.5. The van der Waals surface area contributed by atoms with Crippen LogP contribution in [-0.4, -0.2) is 61.8 Å². The number of methoxy groups -OCH3 is 1. The second kappa shape index (κ2) is 6.69. The Labute approximate surface area is 117 Å². The number of esters is 3. The van der Waals surface area contributed by atoms with Crippen molar-refractivity contribution in [1.29, 1.82) is 0 Å². The lowest BCUT2D eigenvalue weighted by molar-refractivity contribution is -0.164. The molecule has 0 aromatic rings. The van der Waals surface area contributed by atoms with Gasteiger partial charge in [0, 0.05) is 6.42 Å². The van der Waals surface area contributed by atoms with E-state index >= 15 is 0 Å². The molecule has 2 aliphatic rings. The molecule has 0 N–H and O–H groups in total. The molecular formula is C13H19NO6. The summed E-state index contributed by atoms with van der Waals surface area (Å²) in [6, 6.07) is 0. The van der Waals surface area contributed by atoms with E-state index in [1.165, 1.54) is 13.5 Å². The maximum Gasteiger partial charge on any atom is 0.348 e. The molecule has 2 unspecified atom stereocenters. The van der Waals surface area contributed by atoms with Crippen molar-refractivity contribution in [3.8, 4) is 0 Å². The number of piperidine rings is 1. The Kier molecular flexibility index (Phi) is 4.94. The average Bonchev–Trinajstić information content (AvgIpc) is 2.80. The van der Waals surface area contributed by atoms with E-state index < -0.39 is 30.1 Å². The summed E-state index contributed by atoms with van der Waals surface area (Å²) >= 11 is 0. The van der Waals surface area contributed by atoms with Gasteiger partial charge in [0.15, 0.2) is 0 Å². The molecule has 0 aromatic carbocycles. The van der Waals surface area contributed by atoms with Gasteiger partial charge in [-0.3, -0.25) is 9.69 Å². The number of nitrogens with zero attached hydrogens (tertiary/aromatic N) is 1. The van der Waals surface area contributed by atoms with E-state index in [0.717, 1.165) is 25.9 Å². The molecule has 7 nitrogen and oxygen atoms in total. The normalized spacial score (nSPS) is 26.9. The highest BCUT2D eigenvalue weighted by atomic mass is 16.6. The molecule has 20 heavy (non-hydrogen) atoms. The molecule has 2 saturated heterocycles. The number of ether oxygens (including phenoxy) is 3. The largest absolute Gasteiger partial charge is 0.466 e. The summed E-state index contributed by atoms with van der Waals surface area (Å²) in [5.74, 6) is -1.78. The maximum absolute atomic E-state index is 11.8. The molecule has 2 rings (SSSR count). The quantitative estimate of drug-likeness (QED) is 0.525. The van der Waals surface area contributed by atoms with Crippen LogP contribution in [0.25, 0.3) is 0 Å². The minimum atomic E-state index is -1.00. The third kappa shape index (κ3) is 3.69. The van der Waals surface area contributed by atoms with Crippen LogP contribution in [0, 0.1) is 0 Å². The van der Waals surface area contributed by atoms with Crippen LogP contribution in [0.2, 0.25) is 0 Å². The van der Waals surface area contributed by atoms with E-state index in [2.05, 4.69) is 4.74 Å². The predicted molar refractivity (Wildman–Crippen MR) is 66.7 cm³/mol. The van der Waals surface area contributed by atoms with Gasteiger partial charge in [-0.15, -0.1) is 0 Å². The monoisotopic (exact) mass is 285 g/mol. The number of rotatable bonds is 4. The van der Waals surface area contributed by atoms with Crippen LogP contribution in [0.4, 0.5) is 0 Å². The fourth-order valence-electron chi connectivity index (χ4n) is 2.42. The van der Waals surface area contributed by atoms with Crippen LogP contribution in [0.3, 0.4) is 0 Å². The van der Waals surface area contributed by atoms with E-state index in [9.17, 15) is 14.4 Å². The van der Waals surface area contributed by atoms with E-state index in [1.807, 2.05) is 4.90 Å². The number of hydrogen-bond donors (Lipinski definition) is 0. The van der Waals surface area contributed by atoms with Gasteiger partial charge in [-0.25, -0.2) is 9.59 Å². The SMILES string of the molecule is COC(=O)C1CC(OC(=O)CN2CCCCC2)C(=O)O1. The first-order valence-electron chi connectivity index (χ1n) is 6.80. The Hall–Kier alpha value is -1.63. The van der Waals surface area contributed by atoms with Crippen LogP contribution < -0.4 is 0 Å². The Morgan fingerprint density at radius 1 is 1.30 bits per heavy atom. The summed E-state index contributed by atoms with van der Waals surface area (Å²) in [6.45, 7) is 1.91. The lowest BCUT2D eigenvalue weighted by Gasteiger charge is -2.25. The number of likely N-dealkylation sites (tertiary alicyclic amines) is 1. The first kappa shape index (κ1) is 14.8. The zero-order valence-corrected chi connectivity index (χ0v) is 11.5. The Balaban J connectivity index is 1.79. The second-order valence-electron chi connectivity index (χ2n) is 5.00. The molecule has 0 saturated carbocycles. The van der Waals surface area contributed by atoms with Gasteiger partial charge in [-0.05, 0) is 25.9 Å². The Morgan fingerprint density at radius 2 is 2.00 bits per heavy atom. The second-order valence-corrected chi connectivity index (χ2v) is 5.00. The number of hydrogen-bond acceptors (Lipinski definition) is 7. The Morgan fingerprint density at radius 3 is 2.65 bits per heavy atom. The summed E-state index contributed by atoms with van der Waals surface area (Å²) in [7, 11) is 1.21. The summed E-state index contributed by atoms with van der Waals surface area (Å²) in [5, 5.41) is 0. The van der Waals surface area contributed by atoms with Crippen molar-refractivity contribution in [1.82, 2.24) is 4.90 Å². The van der Waals surface area contributed by atoms with E-state index in [4.69, 9.17) is 9.47 Å². The lowest BCUT2D eigenvalue weighted by Crippen LogP contribution is -2.37. The molecule has 0 bridgehead atoms. The van der Waals surface area contributed by atoms with Gasteiger partial charge >= 0.3 is 17.9 Å². The van der Waals surface area contributed by atoms with Crippen molar-refractivity contribution in [3.63, 3.8) is 0 Å². The molecule has 0 spiro atoms. The molecule has 0 aliphatic carbocycles. The summed E-state index contributed by atoms with van der Waals surface area (Å²) < 4.78 is 14.4. The number of carbonyl (C=O) groups excluding carboxylic acids is 3. The van der Waals surface area contributed by atoms with Gasteiger partial charge in [0.2, 0.25) is 12.2 Å². The van der Waals surface area contributed by atoms with Gasteiger partial charge in [0.1, 0.15) is 0 Å². The summed E-state index contributed by atoms with van der Waals surface area (Å²) in [5.41, 5.74) is 0. The first-order chi connectivity index (χ1) is 9.60. The average molecular weight is 285 g/mol. The zero-order valence-electron chi connectivity index (χ0n) is 11.5. The van der Waals surface area contributed by atoms with Crippen LogP contribution in [-0.2, 0) is 28.6 Å². The van der Waals surface area contributed by atoms with Crippen LogP contribution in [0.1, 0.15) is 25.7 Å². The molecule has 2 aliphatic heterocycles. The van der Waals surface area contributed by atoms with Crippen molar-refractivity contribution in [2.45, 2.75) is 37.9 Å². The molecule has 7 heteroatoms. The highest BCUT2D eigenvalue weighted by Crippen LogP contribution is 2.19. The summed E-state index contributed by atoms with van der Waals surface area (Å²) in [6.07, 6.45) is 1.38. The molecule has 0 amide bonds. The smallest absolute Gasteiger partial charge is 0.348 e. The van der Waals surface area contributed by atoms with Crippen molar-refractivity contribution < 1.29 is 28.6 Å². The lowest BCUT2D eigenvalue weighted by atomic mass is 10.1. The van der Waals surface area contributed by atoms with Crippen LogP contribution in [0.5, 0.6) is 0 Å². The standard InChI is InChI=1S/C13H19NO6/c1-18-12(16)9-7-10(13(17)20-9)19-11(15)8-14-5-3-2-4-6-14/h9-10H,2-8H2,1H3. The molecule has 0 radical (unpaired) electrons. The topological polar surface area (TPSA) is 82.1 Å². The van der Waals surface area contributed by atoms with Crippen molar-refractivity contribution >= 4 is 17.9 Å². The molecule has 2 atom stereocenters. The van der Waals surface area contributed by atoms with Gasteiger partial charge in [-0.1, -0.05) is 6.42 Å². The third-order valence-electron chi connectivity index (χ3n) is 3.49. The van der Waals surface area contributed by atoms with Gasteiger partial charge in [0.25, 0.3) is 0 Å². The van der Waals surface area contributed by atoms with Gasteiger partial charge in [-0.2, -0.15) is 0 Å². The third-order valence-corrected chi connectivity index (χ3v) is 3.49. The van der Waals surface area contributed by atoms with E-state index in [0.29, 0.717) is 0 Å². The van der Waals surface area contributed by atoms with Crippen molar-refractivity contribution in [2.24, 2.45) is 0 Å². The number of cyclic esters (lactones) is 1. The van der Waals surface area contributed by atoms with Gasteiger partial charge in [0.05, 0.1) is 13.7 Å². The minimum Gasteiger partial charge on any atom is -0.466 e. The highest BCUT2D eigenvalue weighted by Gasteiger charge is 2.41. The molecule has 0 aromatic heterocycles. The van der Waals surface area contributed by atoms with Gasteiger partial charge < -0.3 is 14.2 Å². The minimum absolute atomic E-state index is 0.0250. The van der Waals surface area contributed by atoms with E-state index in [1.54, 1.807) is 0 Å². The zero-order chi connectivity index (χ0) is 14.5. The highest BCUT2D eigenvalue weighted by molar-refractivity contribution is 5.87. The molecule has 2 heterocycles. The molecule has 112 valence electrons.